The lowest BCUT2D eigenvalue weighted by atomic mass is 10.1. The number of benzene rings is 3. The van der Waals surface area contributed by atoms with Gasteiger partial charge >= 0.3 is 6.18 Å². The van der Waals surface area contributed by atoms with E-state index in [1.807, 2.05) is 35.7 Å². The Labute approximate surface area is 213 Å². The summed E-state index contributed by atoms with van der Waals surface area (Å²) < 4.78 is 47.3. The second kappa shape index (κ2) is 10.2. The van der Waals surface area contributed by atoms with Crippen molar-refractivity contribution in [2.75, 3.05) is 7.11 Å². The molecule has 0 amide bonds. The van der Waals surface area contributed by atoms with Crippen LogP contribution >= 0.6 is 23.1 Å². The molecule has 0 saturated carbocycles. The van der Waals surface area contributed by atoms with E-state index < -0.39 is 11.7 Å². The smallest absolute Gasteiger partial charge is 0.416 e. The first-order valence-electron chi connectivity index (χ1n) is 10.8. The third-order valence-electron chi connectivity index (χ3n) is 5.33. The number of hydrogen-bond acceptors (Lipinski definition) is 6. The molecule has 5 rings (SSSR count). The lowest BCUT2D eigenvalue weighted by molar-refractivity contribution is -0.137. The van der Waals surface area contributed by atoms with E-state index >= 15 is 0 Å². The van der Waals surface area contributed by atoms with Crippen LogP contribution in [0.3, 0.4) is 0 Å². The molecule has 0 atom stereocenters. The molecule has 2 heterocycles. The van der Waals surface area contributed by atoms with Gasteiger partial charge < -0.3 is 4.74 Å². The number of thioether (sulfide) groups is 1. The standard InChI is InChI=1S/C26H19F3N4OS2/c1-34-22-12-10-17(11-13-22)23-31-32-25(33(23)21-9-5-8-19(14-21)26(27,28)29)36-16-20-15-35-24(30-20)18-6-3-2-4-7-18/h2-15H,16H2,1H3. The van der Waals surface area contributed by atoms with Gasteiger partial charge in [-0.3, -0.25) is 4.57 Å². The van der Waals surface area contributed by atoms with Crippen molar-refractivity contribution < 1.29 is 17.9 Å². The van der Waals surface area contributed by atoms with E-state index in [9.17, 15) is 13.2 Å². The van der Waals surface area contributed by atoms with Crippen LogP contribution in [0.1, 0.15) is 11.3 Å². The van der Waals surface area contributed by atoms with E-state index in [0.717, 1.165) is 28.4 Å². The summed E-state index contributed by atoms with van der Waals surface area (Å²) in [7, 11) is 1.57. The predicted octanol–water partition coefficient (Wildman–Crippen LogP) is 7.38. The monoisotopic (exact) mass is 524 g/mol. The molecule has 36 heavy (non-hydrogen) atoms. The first-order valence-corrected chi connectivity index (χ1v) is 12.7. The van der Waals surface area contributed by atoms with Gasteiger partial charge in [0.05, 0.1) is 24.1 Å². The fourth-order valence-corrected chi connectivity index (χ4v) is 5.35. The van der Waals surface area contributed by atoms with E-state index in [2.05, 4.69) is 10.2 Å². The van der Waals surface area contributed by atoms with Crippen LogP contribution in [0.4, 0.5) is 13.2 Å². The minimum Gasteiger partial charge on any atom is -0.497 e. The van der Waals surface area contributed by atoms with Crippen LogP contribution in [-0.4, -0.2) is 26.9 Å². The average Bonchev–Trinajstić information content (AvgIpc) is 3.55. The van der Waals surface area contributed by atoms with Crippen LogP contribution in [0.5, 0.6) is 5.75 Å². The van der Waals surface area contributed by atoms with Crippen molar-refractivity contribution >= 4 is 23.1 Å². The molecule has 0 saturated heterocycles. The van der Waals surface area contributed by atoms with E-state index in [4.69, 9.17) is 9.72 Å². The minimum absolute atomic E-state index is 0.325. The number of methoxy groups -OCH3 is 1. The predicted molar refractivity (Wildman–Crippen MR) is 135 cm³/mol. The molecule has 5 nitrogen and oxygen atoms in total. The van der Waals surface area contributed by atoms with Gasteiger partial charge in [-0.05, 0) is 42.5 Å². The summed E-state index contributed by atoms with van der Waals surface area (Å²) in [4.78, 5) is 4.71. The van der Waals surface area contributed by atoms with Crippen molar-refractivity contribution in [3.8, 4) is 33.4 Å². The first-order chi connectivity index (χ1) is 17.4. The van der Waals surface area contributed by atoms with Crippen molar-refractivity contribution in [2.24, 2.45) is 0 Å². The normalized spacial score (nSPS) is 11.6. The molecule has 2 aromatic heterocycles. The molecule has 0 N–H and O–H groups in total. The number of ether oxygens (including phenoxy) is 1. The van der Waals surface area contributed by atoms with Gasteiger partial charge in [0, 0.05) is 22.3 Å². The van der Waals surface area contributed by atoms with E-state index in [1.165, 1.54) is 17.8 Å². The number of halogens is 3. The topological polar surface area (TPSA) is 52.8 Å². The molecule has 0 fully saturated rings. The minimum atomic E-state index is -4.47. The first kappa shape index (κ1) is 24.1. The number of hydrogen-bond donors (Lipinski definition) is 0. The number of thiazole rings is 1. The Bertz CT molecular complexity index is 1460. The van der Waals surface area contributed by atoms with Gasteiger partial charge in [0.1, 0.15) is 10.8 Å². The zero-order valence-corrected chi connectivity index (χ0v) is 20.6. The summed E-state index contributed by atoms with van der Waals surface area (Å²) in [6.07, 6.45) is -4.47. The van der Waals surface area contributed by atoms with E-state index in [-0.39, 0.29) is 0 Å². The summed E-state index contributed by atoms with van der Waals surface area (Å²) in [5, 5.41) is 12.0. The Morgan fingerprint density at radius 3 is 2.42 bits per heavy atom. The van der Waals surface area contributed by atoms with Gasteiger partial charge in [-0.15, -0.1) is 21.5 Å². The molecule has 0 unspecified atom stereocenters. The summed E-state index contributed by atoms with van der Waals surface area (Å²) in [6, 6.07) is 22.2. The quantitative estimate of drug-likeness (QED) is 0.208. The third-order valence-corrected chi connectivity index (χ3v) is 7.24. The lowest BCUT2D eigenvalue weighted by Gasteiger charge is -2.13. The highest BCUT2D eigenvalue weighted by atomic mass is 32.2. The van der Waals surface area contributed by atoms with Crippen molar-refractivity contribution in [3.05, 3.63) is 95.5 Å². The number of alkyl halides is 3. The number of aromatic nitrogens is 4. The Morgan fingerprint density at radius 2 is 1.69 bits per heavy atom. The molecule has 0 radical (unpaired) electrons. The summed E-state index contributed by atoms with van der Waals surface area (Å²) in [5.41, 5.74) is 2.18. The maximum Gasteiger partial charge on any atom is 0.416 e. The average molecular weight is 525 g/mol. The number of nitrogens with zero attached hydrogens (tertiary/aromatic N) is 4. The highest BCUT2D eigenvalue weighted by molar-refractivity contribution is 7.98. The van der Waals surface area contributed by atoms with Gasteiger partial charge in [-0.2, -0.15) is 13.2 Å². The molecular weight excluding hydrogens is 505 g/mol. The summed E-state index contributed by atoms with van der Waals surface area (Å²) in [5.74, 6) is 1.59. The van der Waals surface area contributed by atoms with Crippen LogP contribution < -0.4 is 4.74 Å². The van der Waals surface area contributed by atoms with Crippen LogP contribution in [-0.2, 0) is 11.9 Å². The van der Waals surface area contributed by atoms with Crippen LogP contribution in [0, 0.1) is 0 Å². The highest BCUT2D eigenvalue weighted by Gasteiger charge is 2.31. The van der Waals surface area contributed by atoms with Crippen molar-refractivity contribution in [1.29, 1.82) is 0 Å². The van der Waals surface area contributed by atoms with Crippen LogP contribution in [0.25, 0.3) is 27.6 Å². The van der Waals surface area contributed by atoms with Crippen molar-refractivity contribution in [2.45, 2.75) is 17.1 Å². The largest absolute Gasteiger partial charge is 0.497 e. The zero-order chi connectivity index (χ0) is 25.1. The maximum absolute atomic E-state index is 13.5. The maximum atomic E-state index is 13.5. The third kappa shape index (κ3) is 5.14. The van der Waals surface area contributed by atoms with Gasteiger partial charge in [0.25, 0.3) is 0 Å². The lowest BCUT2D eigenvalue weighted by Crippen LogP contribution is -2.07. The van der Waals surface area contributed by atoms with Crippen molar-refractivity contribution in [1.82, 2.24) is 19.7 Å². The molecule has 0 aliphatic carbocycles. The fourth-order valence-electron chi connectivity index (χ4n) is 3.57. The molecule has 182 valence electrons. The molecule has 0 spiro atoms. The summed E-state index contributed by atoms with van der Waals surface area (Å²) >= 11 is 2.91. The number of rotatable bonds is 7. The molecule has 5 aromatic rings. The Morgan fingerprint density at radius 1 is 0.917 bits per heavy atom. The molecule has 0 aliphatic rings. The van der Waals surface area contributed by atoms with Gasteiger partial charge in [-0.1, -0.05) is 48.2 Å². The Balaban J connectivity index is 1.49. The van der Waals surface area contributed by atoms with E-state index in [1.54, 1.807) is 53.3 Å². The highest BCUT2D eigenvalue weighted by Crippen LogP contribution is 2.35. The molecule has 10 heteroatoms. The molecule has 0 aliphatic heterocycles. The Hall–Kier alpha value is -3.63. The van der Waals surface area contributed by atoms with Gasteiger partial charge in [0.2, 0.25) is 0 Å². The van der Waals surface area contributed by atoms with E-state index in [0.29, 0.717) is 33.7 Å². The van der Waals surface area contributed by atoms with Gasteiger partial charge in [-0.25, -0.2) is 4.98 Å². The molecular formula is C26H19F3N4OS2. The second-order valence-electron chi connectivity index (χ2n) is 7.72. The van der Waals surface area contributed by atoms with Crippen molar-refractivity contribution in [3.63, 3.8) is 0 Å². The second-order valence-corrected chi connectivity index (χ2v) is 9.52. The fraction of sp³-hybridized carbons (Fsp3) is 0.115. The van der Waals surface area contributed by atoms with Gasteiger partial charge in [0.15, 0.2) is 11.0 Å². The van der Waals surface area contributed by atoms with Crippen LogP contribution in [0.2, 0.25) is 0 Å². The zero-order valence-electron chi connectivity index (χ0n) is 18.9. The van der Waals surface area contributed by atoms with Crippen LogP contribution in [0.15, 0.2) is 89.4 Å². The molecule has 0 bridgehead atoms. The molecule has 3 aromatic carbocycles. The SMILES string of the molecule is COc1ccc(-c2nnc(SCc3csc(-c4ccccc4)n3)n2-c2cccc(C(F)(F)F)c2)cc1. The Kier molecular flexibility index (Phi) is 6.80. The summed E-state index contributed by atoms with van der Waals surface area (Å²) in [6.45, 7) is 0.